The maximum Gasteiger partial charge on any atom is 0.328 e. The Bertz CT molecular complexity index is 1330. The molecule has 0 spiro atoms. The number of sulfonamides is 1. The molecule has 0 amide bonds. The number of hydrogen-bond donors (Lipinski definition) is 2. The molecule has 10 nitrogen and oxygen atoms in total. The third-order valence-corrected chi connectivity index (χ3v) is 5.05. The Balaban J connectivity index is 1.85. The Hall–Kier alpha value is -3.31. The first-order chi connectivity index (χ1) is 12.9. The topological polar surface area (TPSA) is 146 Å². The largest absolute Gasteiger partial charge is 0.481 e. The van der Waals surface area contributed by atoms with Crippen molar-refractivity contribution in [1.29, 1.82) is 0 Å². The van der Waals surface area contributed by atoms with Crippen molar-refractivity contribution in [3.63, 3.8) is 0 Å². The van der Waals surface area contributed by atoms with Crippen LogP contribution in [0.3, 0.4) is 0 Å². The normalized spacial score (nSPS) is 11.9. The molecule has 138 valence electrons. The molecule has 4 aromatic rings. The predicted molar refractivity (Wildman–Crippen MR) is 96.9 cm³/mol. The summed E-state index contributed by atoms with van der Waals surface area (Å²) in [7, 11) is -2.28. The zero-order chi connectivity index (χ0) is 19.2. The van der Waals surface area contributed by atoms with Gasteiger partial charge in [-0.1, -0.05) is 12.1 Å². The molecule has 3 N–H and O–H groups in total. The Morgan fingerprint density at radius 2 is 1.89 bits per heavy atom. The monoisotopic (exact) mass is 386 g/mol. The molecular formula is C16H14N6O4S. The summed E-state index contributed by atoms with van der Waals surface area (Å²) < 4.78 is 29.3. The number of fused-ring (bicyclic) bond motifs is 3. The van der Waals surface area contributed by atoms with Crippen molar-refractivity contribution in [2.24, 2.45) is 5.14 Å². The number of primary sulfonamides is 1. The lowest BCUT2D eigenvalue weighted by molar-refractivity contribution is 0.399. The van der Waals surface area contributed by atoms with E-state index in [0.29, 0.717) is 28.1 Å². The molecule has 0 aliphatic heterocycles. The third-order valence-electron chi connectivity index (χ3n) is 4.12. The SMILES string of the molecule is COc1ccc2c(nnc3[nH]c(=O)n(Cc4ccc(S(N)(=O)=O)cc4)c32)n1. The number of imidazole rings is 1. The molecule has 11 heteroatoms. The van der Waals surface area contributed by atoms with Crippen LogP contribution in [0.4, 0.5) is 0 Å². The molecule has 0 aliphatic rings. The predicted octanol–water partition coefficient (Wildman–Crippen LogP) is 0.372. The molecule has 0 radical (unpaired) electrons. The van der Waals surface area contributed by atoms with E-state index in [0.717, 1.165) is 5.56 Å². The molecule has 0 bridgehead atoms. The molecule has 0 aliphatic carbocycles. The highest BCUT2D eigenvalue weighted by Gasteiger charge is 2.15. The number of benzene rings is 1. The number of aromatic amines is 1. The number of nitrogens with two attached hydrogens (primary N) is 1. The summed E-state index contributed by atoms with van der Waals surface area (Å²) in [6, 6.07) is 9.42. The number of rotatable bonds is 4. The van der Waals surface area contributed by atoms with Gasteiger partial charge in [0.2, 0.25) is 15.9 Å². The van der Waals surface area contributed by atoms with Crippen molar-refractivity contribution < 1.29 is 13.2 Å². The number of methoxy groups -OCH3 is 1. The van der Waals surface area contributed by atoms with Gasteiger partial charge >= 0.3 is 5.69 Å². The van der Waals surface area contributed by atoms with E-state index in [-0.39, 0.29) is 17.1 Å². The number of ether oxygens (including phenoxy) is 1. The van der Waals surface area contributed by atoms with E-state index in [2.05, 4.69) is 20.2 Å². The first kappa shape index (κ1) is 17.1. The van der Waals surface area contributed by atoms with Crippen molar-refractivity contribution >= 4 is 32.2 Å². The molecule has 3 aromatic heterocycles. The lowest BCUT2D eigenvalue weighted by atomic mass is 10.2. The van der Waals surface area contributed by atoms with Crippen LogP contribution in [0, 0.1) is 0 Å². The Morgan fingerprint density at radius 1 is 1.15 bits per heavy atom. The fourth-order valence-corrected chi connectivity index (χ4v) is 3.34. The molecule has 0 saturated heterocycles. The average molecular weight is 386 g/mol. The van der Waals surface area contributed by atoms with Gasteiger partial charge in [0.15, 0.2) is 11.3 Å². The van der Waals surface area contributed by atoms with E-state index in [1.54, 1.807) is 24.3 Å². The van der Waals surface area contributed by atoms with Crippen molar-refractivity contribution in [2.75, 3.05) is 7.11 Å². The van der Waals surface area contributed by atoms with Gasteiger partial charge < -0.3 is 4.74 Å². The van der Waals surface area contributed by atoms with Crippen LogP contribution in [0.5, 0.6) is 5.88 Å². The lowest BCUT2D eigenvalue weighted by Gasteiger charge is -2.07. The van der Waals surface area contributed by atoms with Crippen LogP contribution in [0.15, 0.2) is 46.1 Å². The fraction of sp³-hybridized carbons (Fsp3) is 0.125. The highest BCUT2D eigenvalue weighted by molar-refractivity contribution is 7.89. The second-order valence-electron chi connectivity index (χ2n) is 5.83. The zero-order valence-electron chi connectivity index (χ0n) is 14.1. The van der Waals surface area contributed by atoms with Crippen LogP contribution >= 0.6 is 0 Å². The van der Waals surface area contributed by atoms with Crippen molar-refractivity contribution in [1.82, 2.24) is 24.7 Å². The number of hydrogen-bond acceptors (Lipinski definition) is 7. The fourth-order valence-electron chi connectivity index (χ4n) is 2.82. The van der Waals surface area contributed by atoms with E-state index >= 15 is 0 Å². The van der Waals surface area contributed by atoms with Crippen molar-refractivity contribution in [3.8, 4) is 5.88 Å². The van der Waals surface area contributed by atoms with Gasteiger partial charge in [0.1, 0.15) is 5.52 Å². The van der Waals surface area contributed by atoms with Gasteiger partial charge in [-0.05, 0) is 23.8 Å². The van der Waals surface area contributed by atoms with Gasteiger partial charge in [0, 0.05) is 11.5 Å². The standard InChI is InChI=1S/C16H14N6O4S/c1-26-12-7-6-11-13-15(21-20-14(11)18-12)19-16(23)22(13)8-9-2-4-10(5-3-9)27(17,24)25/h2-7H,8H2,1H3,(H2,17,24,25)(H,19,21,23). The van der Waals surface area contributed by atoms with Gasteiger partial charge in [0.05, 0.1) is 18.6 Å². The summed E-state index contributed by atoms with van der Waals surface area (Å²) in [4.78, 5) is 19.3. The maximum absolute atomic E-state index is 12.4. The van der Waals surface area contributed by atoms with Crippen LogP contribution in [0.2, 0.25) is 0 Å². The molecule has 0 saturated carbocycles. The van der Waals surface area contributed by atoms with Gasteiger partial charge in [-0.3, -0.25) is 9.55 Å². The quantitative estimate of drug-likeness (QED) is 0.515. The van der Waals surface area contributed by atoms with E-state index in [4.69, 9.17) is 9.88 Å². The first-order valence-corrected chi connectivity index (χ1v) is 9.33. The molecule has 3 heterocycles. The average Bonchev–Trinajstić information content (AvgIpc) is 2.96. The zero-order valence-corrected chi connectivity index (χ0v) is 14.9. The molecular weight excluding hydrogens is 372 g/mol. The second-order valence-corrected chi connectivity index (χ2v) is 7.39. The van der Waals surface area contributed by atoms with Gasteiger partial charge in [0.25, 0.3) is 0 Å². The Labute approximate surface area is 152 Å². The smallest absolute Gasteiger partial charge is 0.328 e. The van der Waals surface area contributed by atoms with Crippen LogP contribution < -0.4 is 15.6 Å². The van der Waals surface area contributed by atoms with Gasteiger partial charge in [-0.25, -0.2) is 18.4 Å². The highest BCUT2D eigenvalue weighted by atomic mass is 32.2. The third kappa shape index (κ3) is 3.02. The van der Waals surface area contributed by atoms with E-state index in [1.165, 1.54) is 23.8 Å². The molecule has 0 atom stereocenters. The molecule has 1 aromatic carbocycles. The minimum absolute atomic E-state index is 0.00475. The van der Waals surface area contributed by atoms with E-state index in [1.807, 2.05) is 0 Å². The van der Waals surface area contributed by atoms with E-state index in [9.17, 15) is 13.2 Å². The number of nitrogens with zero attached hydrogens (tertiary/aromatic N) is 4. The summed E-state index contributed by atoms with van der Waals surface area (Å²) in [6.07, 6.45) is 0. The Morgan fingerprint density at radius 3 is 2.56 bits per heavy atom. The summed E-state index contributed by atoms with van der Waals surface area (Å²) in [5, 5.41) is 13.8. The van der Waals surface area contributed by atoms with Crippen LogP contribution in [0.1, 0.15) is 5.56 Å². The number of pyridine rings is 1. The molecule has 27 heavy (non-hydrogen) atoms. The summed E-state index contributed by atoms with van der Waals surface area (Å²) in [5.74, 6) is 0.388. The summed E-state index contributed by atoms with van der Waals surface area (Å²) in [5.41, 5.74) is 1.59. The molecule has 0 unspecified atom stereocenters. The van der Waals surface area contributed by atoms with Crippen LogP contribution in [-0.4, -0.2) is 40.3 Å². The minimum atomic E-state index is -3.77. The van der Waals surface area contributed by atoms with Gasteiger partial charge in [-0.15, -0.1) is 10.2 Å². The first-order valence-electron chi connectivity index (χ1n) is 7.78. The number of nitrogens with one attached hydrogen (secondary N) is 1. The molecule has 4 rings (SSSR count). The lowest BCUT2D eigenvalue weighted by Crippen LogP contribution is -2.17. The van der Waals surface area contributed by atoms with Crippen LogP contribution in [0.25, 0.3) is 22.2 Å². The minimum Gasteiger partial charge on any atom is -0.481 e. The van der Waals surface area contributed by atoms with Crippen molar-refractivity contribution in [2.45, 2.75) is 11.4 Å². The van der Waals surface area contributed by atoms with E-state index < -0.39 is 10.0 Å². The Kier molecular flexibility index (Phi) is 3.89. The summed E-state index contributed by atoms with van der Waals surface area (Å²) >= 11 is 0. The molecule has 0 fully saturated rings. The maximum atomic E-state index is 12.4. The highest BCUT2D eigenvalue weighted by Crippen LogP contribution is 2.22. The van der Waals surface area contributed by atoms with Gasteiger partial charge in [-0.2, -0.15) is 4.98 Å². The number of aromatic nitrogens is 5. The number of H-pyrrole nitrogens is 1. The summed E-state index contributed by atoms with van der Waals surface area (Å²) in [6.45, 7) is 0.205. The second kappa shape index (κ2) is 6.14. The van der Waals surface area contributed by atoms with Crippen LogP contribution in [-0.2, 0) is 16.6 Å². The van der Waals surface area contributed by atoms with Crippen molar-refractivity contribution in [3.05, 3.63) is 52.4 Å².